The highest BCUT2D eigenvalue weighted by Gasteiger charge is 2.35. The monoisotopic (exact) mass is 333 g/mol. The van der Waals surface area contributed by atoms with Gasteiger partial charge in [-0.3, -0.25) is 0 Å². The van der Waals surface area contributed by atoms with E-state index in [0.29, 0.717) is 30.4 Å². The molecule has 6 nitrogen and oxygen atoms in total. The molecule has 2 unspecified atom stereocenters. The van der Waals surface area contributed by atoms with Crippen LogP contribution in [0.15, 0.2) is 17.2 Å². The number of rotatable bonds is 5. The van der Waals surface area contributed by atoms with E-state index < -0.39 is 10.0 Å². The fourth-order valence-corrected chi connectivity index (χ4v) is 4.12. The van der Waals surface area contributed by atoms with E-state index in [2.05, 4.69) is 10.3 Å². The fourth-order valence-electron chi connectivity index (χ4n) is 2.40. The molecule has 1 aromatic rings. The maximum Gasteiger partial charge on any atom is 0.244 e. The SMILES string of the molecule is CCNc1ncc(S(=O)(=O)N(C)C2CCOC2C)cc1Cl. The summed E-state index contributed by atoms with van der Waals surface area (Å²) in [5.41, 5.74) is 0. The van der Waals surface area contributed by atoms with Gasteiger partial charge >= 0.3 is 0 Å². The van der Waals surface area contributed by atoms with Gasteiger partial charge < -0.3 is 10.1 Å². The van der Waals surface area contributed by atoms with E-state index in [4.69, 9.17) is 16.3 Å². The molecule has 1 saturated heterocycles. The summed E-state index contributed by atoms with van der Waals surface area (Å²) in [6, 6.07) is 1.26. The van der Waals surface area contributed by atoms with Crippen molar-refractivity contribution >= 4 is 27.4 Å². The zero-order valence-electron chi connectivity index (χ0n) is 12.3. The molecule has 1 fully saturated rings. The minimum absolute atomic E-state index is 0.0933. The molecule has 8 heteroatoms. The van der Waals surface area contributed by atoms with Gasteiger partial charge in [-0.15, -0.1) is 0 Å². The third kappa shape index (κ3) is 3.31. The van der Waals surface area contributed by atoms with Crippen molar-refractivity contribution in [1.29, 1.82) is 0 Å². The summed E-state index contributed by atoms with van der Waals surface area (Å²) in [7, 11) is -2.06. The molecule has 0 spiro atoms. The molecule has 1 aliphatic rings. The molecule has 1 aliphatic heterocycles. The van der Waals surface area contributed by atoms with Crippen LogP contribution in [-0.2, 0) is 14.8 Å². The van der Waals surface area contributed by atoms with Gasteiger partial charge in [-0.2, -0.15) is 4.31 Å². The number of anilines is 1. The van der Waals surface area contributed by atoms with Crippen molar-refractivity contribution in [3.63, 3.8) is 0 Å². The van der Waals surface area contributed by atoms with Crippen LogP contribution < -0.4 is 5.32 Å². The Morgan fingerprint density at radius 1 is 1.57 bits per heavy atom. The summed E-state index contributed by atoms with van der Waals surface area (Å²) in [5.74, 6) is 0.485. The first-order valence-corrected chi connectivity index (χ1v) is 8.68. The van der Waals surface area contributed by atoms with Crippen LogP contribution in [0.2, 0.25) is 5.02 Å². The quantitative estimate of drug-likeness (QED) is 0.892. The third-order valence-corrected chi connectivity index (χ3v) is 5.78. The molecular weight excluding hydrogens is 314 g/mol. The number of sulfonamides is 1. The van der Waals surface area contributed by atoms with E-state index in [1.165, 1.54) is 16.6 Å². The third-order valence-electron chi connectivity index (χ3n) is 3.64. The molecule has 118 valence electrons. The van der Waals surface area contributed by atoms with Crippen LogP contribution in [0, 0.1) is 0 Å². The van der Waals surface area contributed by atoms with Crippen molar-refractivity contribution in [2.45, 2.75) is 37.3 Å². The number of nitrogens with zero attached hydrogens (tertiary/aromatic N) is 2. The second-order valence-electron chi connectivity index (χ2n) is 4.98. The number of likely N-dealkylation sites (N-methyl/N-ethyl adjacent to an activating group) is 1. The predicted molar refractivity (Wildman–Crippen MR) is 82.2 cm³/mol. The molecule has 21 heavy (non-hydrogen) atoms. The number of aromatic nitrogens is 1. The Kier molecular flexibility index (Phi) is 5.08. The van der Waals surface area contributed by atoms with Gasteiger partial charge in [0.05, 0.1) is 17.2 Å². The largest absolute Gasteiger partial charge is 0.377 e. The van der Waals surface area contributed by atoms with Crippen molar-refractivity contribution < 1.29 is 13.2 Å². The molecule has 1 N–H and O–H groups in total. The van der Waals surface area contributed by atoms with Crippen LogP contribution in [0.4, 0.5) is 5.82 Å². The van der Waals surface area contributed by atoms with Gasteiger partial charge in [-0.05, 0) is 26.3 Å². The Hall–Kier alpha value is -0.890. The first-order chi connectivity index (χ1) is 9.87. The van der Waals surface area contributed by atoms with Gasteiger partial charge in [-0.25, -0.2) is 13.4 Å². The predicted octanol–water partition coefficient (Wildman–Crippen LogP) is 1.96. The van der Waals surface area contributed by atoms with Crippen molar-refractivity contribution in [1.82, 2.24) is 9.29 Å². The zero-order valence-corrected chi connectivity index (χ0v) is 13.9. The van der Waals surface area contributed by atoms with Crippen LogP contribution in [0.25, 0.3) is 0 Å². The fraction of sp³-hybridized carbons (Fsp3) is 0.615. The number of pyridine rings is 1. The maximum absolute atomic E-state index is 12.6. The Morgan fingerprint density at radius 2 is 2.29 bits per heavy atom. The van der Waals surface area contributed by atoms with E-state index in [9.17, 15) is 8.42 Å². The molecule has 0 bridgehead atoms. The number of hydrogen-bond donors (Lipinski definition) is 1. The number of hydrogen-bond acceptors (Lipinski definition) is 5. The van der Waals surface area contributed by atoms with Gasteiger partial charge in [0.1, 0.15) is 10.7 Å². The molecule has 0 radical (unpaired) electrons. The van der Waals surface area contributed by atoms with Crippen molar-refractivity contribution in [3.8, 4) is 0 Å². The number of ether oxygens (including phenoxy) is 1. The highest BCUT2D eigenvalue weighted by Crippen LogP contribution is 2.27. The molecule has 0 aliphatic carbocycles. The second kappa shape index (κ2) is 6.48. The van der Waals surface area contributed by atoms with Crippen molar-refractivity contribution in [2.75, 3.05) is 25.5 Å². The maximum atomic E-state index is 12.6. The Labute approximate surface area is 130 Å². The van der Waals surface area contributed by atoms with Crippen LogP contribution in [0.5, 0.6) is 0 Å². The van der Waals surface area contributed by atoms with Crippen LogP contribution >= 0.6 is 11.6 Å². The lowest BCUT2D eigenvalue weighted by Gasteiger charge is -2.26. The molecule has 0 amide bonds. The van der Waals surface area contributed by atoms with E-state index in [0.717, 1.165) is 0 Å². The lowest BCUT2D eigenvalue weighted by Crippen LogP contribution is -2.40. The summed E-state index contributed by atoms with van der Waals surface area (Å²) in [6.45, 7) is 5.03. The van der Waals surface area contributed by atoms with E-state index in [-0.39, 0.29) is 17.0 Å². The molecule has 0 saturated carbocycles. The summed E-state index contributed by atoms with van der Waals surface area (Å²) in [6.07, 6.45) is 1.90. The molecule has 0 aromatic carbocycles. The Balaban J connectivity index is 2.28. The lowest BCUT2D eigenvalue weighted by molar-refractivity contribution is 0.102. The van der Waals surface area contributed by atoms with Gasteiger partial charge in [0, 0.05) is 26.4 Å². The first-order valence-electron chi connectivity index (χ1n) is 6.87. The normalized spacial score (nSPS) is 22.7. The summed E-state index contributed by atoms with van der Waals surface area (Å²) < 4.78 is 32.1. The lowest BCUT2D eigenvalue weighted by atomic mass is 10.2. The minimum atomic E-state index is -3.63. The Morgan fingerprint density at radius 3 is 2.81 bits per heavy atom. The average Bonchev–Trinajstić information content (AvgIpc) is 2.86. The highest BCUT2D eigenvalue weighted by molar-refractivity contribution is 7.89. The van der Waals surface area contributed by atoms with Crippen LogP contribution in [-0.4, -0.2) is 50.1 Å². The summed E-state index contributed by atoms with van der Waals surface area (Å²) in [5, 5.41) is 3.27. The standard InChI is InChI=1S/C13H20ClN3O3S/c1-4-15-13-11(14)7-10(8-16-13)21(18,19)17(3)12-5-6-20-9(12)2/h7-9,12H,4-6H2,1-3H3,(H,15,16). The van der Waals surface area contributed by atoms with Gasteiger partial charge in [-0.1, -0.05) is 11.6 Å². The molecule has 2 rings (SSSR count). The molecule has 2 atom stereocenters. The van der Waals surface area contributed by atoms with E-state index in [1.54, 1.807) is 7.05 Å². The van der Waals surface area contributed by atoms with Gasteiger partial charge in [0.25, 0.3) is 0 Å². The van der Waals surface area contributed by atoms with Crippen LogP contribution in [0.3, 0.4) is 0 Å². The first kappa shape index (κ1) is 16.5. The molecule has 1 aromatic heterocycles. The zero-order chi connectivity index (χ0) is 15.6. The number of halogens is 1. The topological polar surface area (TPSA) is 71.5 Å². The highest BCUT2D eigenvalue weighted by atomic mass is 35.5. The average molecular weight is 334 g/mol. The Bertz CT molecular complexity index is 609. The van der Waals surface area contributed by atoms with Crippen molar-refractivity contribution in [3.05, 3.63) is 17.3 Å². The van der Waals surface area contributed by atoms with Gasteiger partial charge in [0.2, 0.25) is 10.0 Å². The molecular formula is C13H20ClN3O3S. The number of nitrogens with one attached hydrogen (secondary N) is 1. The van der Waals surface area contributed by atoms with E-state index >= 15 is 0 Å². The summed E-state index contributed by atoms with van der Waals surface area (Å²) >= 11 is 6.07. The van der Waals surface area contributed by atoms with Crippen LogP contribution in [0.1, 0.15) is 20.3 Å². The van der Waals surface area contributed by atoms with E-state index in [1.807, 2.05) is 13.8 Å². The minimum Gasteiger partial charge on any atom is -0.377 e. The second-order valence-corrected chi connectivity index (χ2v) is 7.39. The van der Waals surface area contributed by atoms with Crippen molar-refractivity contribution in [2.24, 2.45) is 0 Å². The van der Waals surface area contributed by atoms with Gasteiger partial charge in [0.15, 0.2) is 0 Å². The summed E-state index contributed by atoms with van der Waals surface area (Å²) in [4.78, 5) is 4.18. The molecule has 2 heterocycles. The smallest absolute Gasteiger partial charge is 0.244 e.